The minimum absolute atomic E-state index is 1.31. The molecular formula is C5H16O5Si2. The third-order valence-electron chi connectivity index (χ3n) is 0.913. The van der Waals surface area contributed by atoms with Crippen molar-refractivity contribution in [3.63, 3.8) is 0 Å². The van der Waals surface area contributed by atoms with Crippen LogP contribution in [0.2, 0.25) is 19.6 Å². The lowest BCUT2D eigenvalue weighted by Crippen LogP contribution is -2.46. The third-order valence-corrected chi connectivity index (χ3v) is 2.99. The molecule has 0 rings (SSSR count). The third kappa shape index (κ3) is 4.98. The van der Waals surface area contributed by atoms with Gasteiger partial charge in [0.2, 0.25) is 8.32 Å². The van der Waals surface area contributed by atoms with Gasteiger partial charge in [-0.15, -0.1) is 0 Å². The molecule has 5 nitrogen and oxygen atoms in total. The average molecular weight is 212 g/mol. The summed E-state index contributed by atoms with van der Waals surface area (Å²) in [5.74, 6) is 0. The van der Waals surface area contributed by atoms with E-state index in [4.69, 9.17) is 9.15 Å². The first-order valence-electron chi connectivity index (χ1n) is 3.52. The second kappa shape index (κ2) is 4.46. The van der Waals surface area contributed by atoms with Gasteiger partial charge in [0.1, 0.15) is 0 Å². The molecule has 0 bridgehead atoms. The van der Waals surface area contributed by atoms with Crippen LogP contribution in [-0.2, 0) is 18.0 Å². The minimum Gasteiger partial charge on any atom is -0.366 e. The van der Waals surface area contributed by atoms with Gasteiger partial charge in [-0.1, -0.05) is 0 Å². The summed E-state index contributed by atoms with van der Waals surface area (Å²) in [7, 11) is -2.68. The second-order valence-corrected chi connectivity index (χ2v) is 9.63. The maximum Gasteiger partial charge on any atom is 0.703 e. The lowest BCUT2D eigenvalue weighted by molar-refractivity contribution is -0.195. The van der Waals surface area contributed by atoms with E-state index in [1.807, 2.05) is 19.6 Å². The summed E-state index contributed by atoms with van der Waals surface area (Å²) in [5, 5.41) is 0. The maximum atomic E-state index is 9.36. The Morgan fingerprint density at radius 2 is 1.33 bits per heavy atom. The summed E-state index contributed by atoms with van der Waals surface area (Å²) < 4.78 is 18.9. The fraction of sp³-hybridized carbons (Fsp3) is 1.00. The molecule has 12 heavy (non-hydrogen) atoms. The summed E-state index contributed by atoms with van der Waals surface area (Å²) in [5.41, 5.74) is 0. The van der Waals surface area contributed by atoms with E-state index in [1.165, 1.54) is 14.2 Å². The topological polar surface area (TPSA) is 57.2 Å². The molecule has 74 valence electrons. The zero-order valence-corrected chi connectivity index (χ0v) is 10.1. The summed E-state index contributed by atoms with van der Waals surface area (Å²) in [6.45, 7) is 5.77. The number of hydrogen-bond acceptors (Lipinski definition) is 5. The fourth-order valence-corrected chi connectivity index (χ4v) is 2.05. The Labute approximate surface area is 74.8 Å². The highest BCUT2D eigenvalue weighted by atomic mass is 28.4. The molecule has 7 heteroatoms. The van der Waals surface area contributed by atoms with E-state index >= 15 is 0 Å². The predicted molar refractivity (Wildman–Crippen MR) is 47.5 cm³/mol. The molecule has 0 amide bonds. The summed E-state index contributed by atoms with van der Waals surface area (Å²) >= 11 is 0. The quantitative estimate of drug-likeness (QED) is 0.408. The van der Waals surface area contributed by atoms with Crippen molar-refractivity contribution >= 4 is 17.4 Å². The van der Waals surface area contributed by atoms with E-state index in [2.05, 4.69) is 8.85 Å². The normalized spacial score (nSPS) is 13.5. The lowest BCUT2D eigenvalue weighted by atomic mass is 11.8. The van der Waals surface area contributed by atoms with Gasteiger partial charge >= 0.3 is 9.05 Å². The van der Waals surface area contributed by atoms with E-state index in [1.54, 1.807) is 0 Å². The molecule has 0 aliphatic rings. The van der Waals surface area contributed by atoms with Crippen molar-refractivity contribution in [2.75, 3.05) is 14.2 Å². The van der Waals surface area contributed by atoms with Gasteiger partial charge in [-0.05, 0) is 19.6 Å². The first-order chi connectivity index (χ1) is 5.33. The molecule has 0 aromatic rings. The molecule has 0 radical (unpaired) electrons. The van der Waals surface area contributed by atoms with Crippen molar-refractivity contribution in [3.8, 4) is 0 Å². The van der Waals surface area contributed by atoms with Crippen LogP contribution in [0.5, 0.6) is 0 Å². The highest BCUT2D eigenvalue weighted by Crippen LogP contribution is 2.09. The van der Waals surface area contributed by atoms with Crippen molar-refractivity contribution in [1.29, 1.82) is 0 Å². The van der Waals surface area contributed by atoms with Crippen LogP contribution in [0.4, 0.5) is 0 Å². The summed E-state index contributed by atoms with van der Waals surface area (Å²) in [6, 6.07) is 0. The Hall–Kier alpha value is 0.234. The average Bonchev–Trinajstić information content (AvgIpc) is 1.99. The van der Waals surface area contributed by atoms with Gasteiger partial charge in [-0.3, -0.25) is 4.58 Å². The van der Waals surface area contributed by atoms with Crippen LogP contribution in [0.25, 0.3) is 0 Å². The Bertz CT molecular complexity index is 130. The van der Waals surface area contributed by atoms with E-state index < -0.39 is 17.4 Å². The van der Waals surface area contributed by atoms with Crippen LogP contribution in [0.3, 0.4) is 0 Å². The van der Waals surface area contributed by atoms with Crippen LogP contribution < -0.4 is 0 Å². The molecular weight excluding hydrogens is 196 g/mol. The largest absolute Gasteiger partial charge is 0.703 e. The van der Waals surface area contributed by atoms with Crippen LogP contribution >= 0.6 is 0 Å². The fourth-order valence-electron chi connectivity index (χ4n) is 0.329. The van der Waals surface area contributed by atoms with Gasteiger partial charge in [0.15, 0.2) is 0 Å². The minimum atomic E-state index is -3.49. The zero-order valence-electron chi connectivity index (χ0n) is 8.08. The van der Waals surface area contributed by atoms with Gasteiger partial charge in [-0.2, -0.15) is 0 Å². The van der Waals surface area contributed by atoms with Crippen molar-refractivity contribution in [1.82, 2.24) is 0 Å². The Kier molecular flexibility index (Phi) is 4.55. The summed E-state index contributed by atoms with van der Waals surface area (Å²) in [6.07, 6.45) is 0. The highest BCUT2D eigenvalue weighted by molar-refractivity contribution is 6.69. The van der Waals surface area contributed by atoms with Gasteiger partial charge in [0.05, 0.1) is 0 Å². The molecule has 0 aromatic heterocycles. The van der Waals surface area contributed by atoms with Crippen LogP contribution in [-0.4, -0.2) is 36.4 Å². The SMILES string of the molecule is CO[Si](O)(OC)OO[Si](C)(C)C. The van der Waals surface area contributed by atoms with E-state index in [0.29, 0.717) is 0 Å². The van der Waals surface area contributed by atoms with Gasteiger partial charge < -0.3 is 13.6 Å². The zero-order chi connectivity index (χ0) is 9.83. The van der Waals surface area contributed by atoms with Crippen molar-refractivity contribution in [2.45, 2.75) is 19.6 Å². The second-order valence-electron chi connectivity index (χ2n) is 3.21. The molecule has 0 heterocycles. The molecule has 0 unspecified atom stereocenters. The molecule has 0 fully saturated rings. The van der Waals surface area contributed by atoms with Gasteiger partial charge in [0, 0.05) is 14.2 Å². The highest BCUT2D eigenvalue weighted by Gasteiger charge is 2.42. The van der Waals surface area contributed by atoms with Crippen molar-refractivity contribution in [3.05, 3.63) is 0 Å². The van der Waals surface area contributed by atoms with E-state index in [-0.39, 0.29) is 0 Å². The Morgan fingerprint density at radius 3 is 1.58 bits per heavy atom. The van der Waals surface area contributed by atoms with Crippen LogP contribution in [0.1, 0.15) is 0 Å². The van der Waals surface area contributed by atoms with Gasteiger partial charge in [-0.25, -0.2) is 4.58 Å². The molecule has 0 atom stereocenters. The predicted octanol–water partition coefficient (Wildman–Crippen LogP) is 0.490. The van der Waals surface area contributed by atoms with Gasteiger partial charge in [0.25, 0.3) is 0 Å². The molecule has 0 saturated heterocycles. The monoisotopic (exact) mass is 212 g/mol. The van der Waals surface area contributed by atoms with Crippen LogP contribution in [0, 0.1) is 0 Å². The number of hydrogen-bond donors (Lipinski definition) is 1. The van der Waals surface area contributed by atoms with E-state index in [0.717, 1.165) is 0 Å². The molecule has 0 aliphatic heterocycles. The summed E-state index contributed by atoms with van der Waals surface area (Å²) in [4.78, 5) is 9.36. The first-order valence-corrected chi connectivity index (χ1v) is 8.60. The number of rotatable bonds is 5. The Morgan fingerprint density at radius 1 is 0.917 bits per heavy atom. The maximum absolute atomic E-state index is 9.36. The molecule has 0 saturated carbocycles. The van der Waals surface area contributed by atoms with Crippen LogP contribution in [0.15, 0.2) is 0 Å². The van der Waals surface area contributed by atoms with Crippen molar-refractivity contribution in [2.24, 2.45) is 0 Å². The smallest absolute Gasteiger partial charge is 0.366 e. The van der Waals surface area contributed by atoms with Crippen molar-refractivity contribution < 1.29 is 22.8 Å². The molecule has 0 spiro atoms. The lowest BCUT2D eigenvalue weighted by Gasteiger charge is -2.22. The first kappa shape index (κ1) is 12.2. The molecule has 1 N–H and O–H groups in total. The standard InChI is InChI=1S/C5H16O5Si2/c1-7-12(6,8-2)10-9-11(3,4)5/h6H,1-5H3. The van der Waals surface area contributed by atoms with E-state index in [9.17, 15) is 4.80 Å². The Balaban J connectivity index is 3.89. The molecule has 0 aliphatic carbocycles. The molecule has 0 aromatic carbocycles.